The van der Waals surface area contributed by atoms with Crippen LogP contribution in [0.3, 0.4) is 0 Å². The zero-order valence-corrected chi connectivity index (χ0v) is 14.6. The van der Waals surface area contributed by atoms with Gasteiger partial charge in [-0.15, -0.1) is 0 Å². The number of benzene rings is 3. The smallest absolute Gasteiger partial charge is 0.356 e. The monoisotopic (exact) mass is 368 g/mol. The molecule has 3 aromatic rings. The summed E-state index contributed by atoms with van der Waals surface area (Å²) in [6.07, 6.45) is 0. The molecule has 0 aromatic heterocycles. The van der Waals surface area contributed by atoms with Gasteiger partial charge in [-0.2, -0.15) is 0 Å². The first kappa shape index (κ1) is 17.9. The predicted octanol–water partition coefficient (Wildman–Crippen LogP) is 2.99. The normalized spacial score (nSPS) is 11.2. The van der Waals surface area contributed by atoms with Crippen LogP contribution < -0.4 is 16.4 Å². The Morgan fingerprint density at radius 1 is 0.885 bits per heavy atom. The van der Waals surface area contributed by atoms with Crippen LogP contribution in [0.5, 0.6) is 0 Å². The van der Waals surface area contributed by atoms with Gasteiger partial charge in [-0.3, -0.25) is 9.36 Å². The highest BCUT2D eigenvalue weighted by Crippen LogP contribution is 2.33. The number of nitrogen functional groups attached to an aromatic ring is 1. The van der Waals surface area contributed by atoms with Crippen molar-refractivity contribution in [3.05, 3.63) is 78.4 Å². The molecular formula is C19H17N2O4P. The van der Waals surface area contributed by atoms with E-state index in [1.54, 1.807) is 12.1 Å². The molecule has 132 valence electrons. The van der Waals surface area contributed by atoms with Gasteiger partial charge in [0.05, 0.1) is 16.7 Å². The minimum Gasteiger partial charge on any atom is -0.397 e. The SMILES string of the molecule is Nc1ccc(-c2ccccc2)cc1NC(=O)c1ccc(P(=O)(O)O)cc1. The molecule has 0 spiro atoms. The van der Waals surface area contributed by atoms with Crippen LogP contribution in [0.2, 0.25) is 0 Å². The molecule has 1 amide bonds. The summed E-state index contributed by atoms with van der Waals surface area (Å²) < 4.78 is 11.2. The summed E-state index contributed by atoms with van der Waals surface area (Å²) in [4.78, 5) is 30.7. The molecule has 0 atom stereocenters. The summed E-state index contributed by atoms with van der Waals surface area (Å²) in [6, 6.07) is 20.2. The average Bonchev–Trinajstić information content (AvgIpc) is 2.63. The number of nitrogens with one attached hydrogen (secondary N) is 1. The summed E-state index contributed by atoms with van der Waals surface area (Å²) in [7, 11) is -4.33. The Balaban J connectivity index is 1.84. The molecule has 0 unspecified atom stereocenters. The van der Waals surface area contributed by atoms with Crippen molar-refractivity contribution in [2.75, 3.05) is 11.1 Å². The summed E-state index contributed by atoms with van der Waals surface area (Å²) in [5, 5.41) is 2.60. The van der Waals surface area contributed by atoms with Crippen LogP contribution in [-0.4, -0.2) is 15.7 Å². The number of carbonyl (C=O) groups is 1. The van der Waals surface area contributed by atoms with Crippen molar-refractivity contribution in [3.63, 3.8) is 0 Å². The van der Waals surface area contributed by atoms with Crippen LogP contribution >= 0.6 is 7.60 Å². The third-order valence-corrected chi connectivity index (χ3v) is 4.85. The first-order valence-electron chi connectivity index (χ1n) is 7.77. The fourth-order valence-corrected chi connectivity index (χ4v) is 3.01. The molecule has 3 rings (SSSR count). The summed E-state index contributed by atoms with van der Waals surface area (Å²) in [5.41, 5.74) is 9.02. The molecule has 0 saturated heterocycles. The Hall–Kier alpha value is -2.92. The summed E-state index contributed by atoms with van der Waals surface area (Å²) in [5.74, 6) is -0.417. The molecular weight excluding hydrogens is 351 g/mol. The van der Waals surface area contributed by atoms with Crippen molar-refractivity contribution < 1.29 is 19.1 Å². The lowest BCUT2D eigenvalue weighted by atomic mass is 10.0. The highest BCUT2D eigenvalue weighted by molar-refractivity contribution is 7.60. The van der Waals surface area contributed by atoms with Gasteiger partial charge >= 0.3 is 7.60 Å². The molecule has 3 aromatic carbocycles. The fourth-order valence-electron chi connectivity index (χ4n) is 2.48. The van der Waals surface area contributed by atoms with Crippen molar-refractivity contribution >= 4 is 30.2 Å². The first-order valence-corrected chi connectivity index (χ1v) is 9.38. The van der Waals surface area contributed by atoms with E-state index in [-0.39, 0.29) is 10.9 Å². The maximum Gasteiger partial charge on any atom is 0.356 e. The highest BCUT2D eigenvalue weighted by atomic mass is 31.2. The first-order chi connectivity index (χ1) is 12.3. The number of hydrogen-bond donors (Lipinski definition) is 4. The Kier molecular flexibility index (Phi) is 4.91. The van der Waals surface area contributed by atoms with Crippen molar-refractivity contribution in [2.45, 2.75) is 0 Å². The van der Waals surface area contributed by atoms with E-state index < -0.39 is 13.5 Å². The lowest BCUT2D eigenvalue weighted by Crippen LogP contribution is -2.14. The van der Waals surface area contributed by atoms with Gasteiger partial charge in [0.25, 0.3) is 5.91 Å². The van der Waals surface area contributed by atoms with Crippen LogP contribution in [0.15, 0.2) is 72.8 Å². The van der Waals surface area contributed by atoms with Crippen LogP contribution in [0, 0.1) is 0 Å². The van der Waals surface area contributed by atoms with E-state index in [0.29, 0.717) is 11.4 Å². The molecule has 26 heavy (non-hydrogen) atoms. The number of anilines is 2. The molecule has 0 fully saturated rings. The molecule has 0 radical (unpaired) electrons. The Bertz CT molecular complexity index is 982. The van der Waals surface area contributed by atoms with E-state index in [1.165, 1.54) is 24.3 Å². The van der Waals surface area contributed by atoms with E-state index in [1.807, 2.05) is 36.4 Å². The third-order valence-electron chi connectivity index (χ3n) is 3.87. The van der Waals surface area contributed by atoms with Crippen LogP contribution in [0.25, 0.3) is 11.1 Å². The van der Waals surface area contributed by atoms with Crippen LogP contribution in [0.4, 0.5) is 11.4 Å². The Morgan fingerprint density at radius 2 is 1.54 bits per heavy atom. The zero-order valence-electron chi connectivity index (χ0n) is 13.7. The zero-order chi connectivity index (χ0) is 18.7. The minimum absolute atomic E-state index is 0.139. The molecule has 0 aliphatic carbocycles. The molecule has 7 heteroatoms. The number of hydrogen-bond acceptors (Lipinski definition) is 3. The number of rotatable bonds is 4. The molecule has 0 bridgehead atoms. The standard InChI is InChI=1S/C19H17N2O4P/c20-17-11-8-15(13-4-2-1-3-5-13)12-18(17)21-19(22)14-6-9-16(10-7-14)26(23,24)25/h1-12H,20H2,(H,21,22)(H2,23,24,25). The Labute approximate surface area is 150 Å². The second kappa shape index (κ2) is 7.14. The second-order valence-corrected chi connectivity index (χ2v) is 7.32. The second-order valence-electron chi connectivity index (χ2n) is 5.71. The van der Waals surface area contributed by atoms with Crippen molar-refractivity contribution in [2.24, 2.45) is 0 Å². The fraction of sp³-hybridized carbons (Fsp3) is 0. The van der Waals surface area contributed by atoms with Crippen molar-refractivity contribution in [3.8, 4) is 11.1 Å². The highest BCUT2D eigenvalue weighted by Gasteiger charge is 2.17. The topological polar surface area (TPSA) is 113 Å². The van der Waals surface area contributed by atoms with Gasteiger partial charge in [0.1, 0.15) is 0 Å². The lowest BCUT2D eigenvalue weighted by molar-refractivity contribution is 0.102. The molecule has 0 saturated carbocycles. The molecule has 0 aliphatic rings. The summed E-state index contributed by atoms with van der Waals surface area (Å²) in [6.45, 7) is 0. The molecule has 0 aliphatic heterocycles. The van der Waals surface area contributed by atoms with E-state index in [4.69, 9.17) is 15.5 Å². The Morgan fingerprint density at radius 3 is 2.15 bits per heavy atom. The summed E-state index contributed by atoms with van der Waals surface area (Å²) >= 11 is 0. The van der Waals surface area contributed by atoms with Gasteiger partial charge < -0.3 is 20.8 Å². The quantitative estimate of drug-likeness (QED) is 0.418. The largest absolute Gasteiger partial charge is 0.397 e. The van der Waals surface area contributed by atoms with Gasteiger partial charge in [0.15, 0.2) is 0 Å². The van der Waals surface area contributed by atoms with Crippen LogP contribution in [-0.2, 0) is 4.57 Å². The molecule has 5 N–H and O–H groups in total. The number of amides is 1. The van der Waals surface area contributed by atoms with Gasteiger partial charge in [0, 0.05) is 5.56 Å². The number of nitrogens with two attached hydrogens (primary N) is 1. The average molecular weight is 368 g/mol. The van der Waals surface area contributed by atoms with E-state index in [2.05, 4.69) is 5.32 Å². The van der Waals surface area contributed by atoms with Gasteiger partial charge in [-0.25, -0.2) is 0 Å². The van der Waals surface area contributed by atoms with Gasteiger partial charge in [-0.05, 0) is 47.5 Å². The van der Waals surface area contributed by atoms with E-state index in [9.17, 15) is 9.36 Å². The van der Waals surface area contributed by atoms with Gasteiger partial charge in [-0.1, -0.05) is 36.4 Å². The molecule has 6 nitrogen and oxygen atoms in total. The van der Waals surface area contributed by atoms with Crippen molar-refractivity contribution in [1.29, 1.82) is 0 Å². The van der Waals surface area contributed by atoms with Crippen LogP contribution in [0.1, 0.15) is 10.4 Å². The lowest BCUT2D eigenvalue weighted by Gasteiger charge is -2.11. The van der Waals surface area contributed by atoms with E-state index in [0.717, 1.165) is 11.1 Å². The minimum atomic E-state index is -4.33. The maximum absolute atomic E-state index is 12.4. The van der Waals surface area contributed by atoms with Gasteiger partial charge in [0.2, 0.25) is 0 Å². The predicted molar refractivity (Wildman–Crippen MR) is 102 cm³/mol. The van der Waals surface area contributed by atoms with E-state index >= 15 is 0 Å². The third kappa shape index (κ3) is 4.00. The maximum atomic E-state index is 12.4. The molecule has 0 heterocycles. The van der Waals surface area contributed by atoms with Crippen molar-refractivity contribution in [1.82, 2.24) is 0 Å². The number of carbonyl (C=O) groups excluding carboxylic acids is 1.